The predicted octanol–water partition coefficient (Wildman–Crippen LogP) is 0.916. The first kappa shape index (κ1) is 14.0. The fourth-order valence-corrected chi connectivity index (χ4v) is 2.22. The third-order valence-corrected chi connectivity index (χ3v) is 3.64. The van der Waals surface area contributed by atoms with Crippen LogP contribution in [0.5, 0.6) is 0 Å². The van der Waals surface area contributed by atoms with Crippen molar-refractivity contribution in [2.45, 2.75) is 38.5 Å². The number of ether oxygens (including phenoxy) is 1. The molecule has 1 aliphatic rings. The van der Waals surface area contributed by atoms with Gasteiger partial charge in [-0.3, -0.25) is 0 Å². The van der Waals surface area contributed by atoms with Gasteiger partial charge in [0, 0.05) is 31.7 Å². The first-order valence-electron chi connectivity index (χ1n) is 6.30. The number of aryl methyl sites for hydroxylation is 1. The highest BCUT2D eigenvalue weighted by Gasteiger charge is 2.39. The Morgan fingerprint density at radius 3 is 2.89 bits per heavy atom. The van der Waals surface area contributed by atoms with Crippen molar-refractivity contribution in [1.82, 2.24) is 5.32 Å². The molecule has 0 spiro atoms. The number of hydrogen-bond acceptors (Lipinski definition) is 5. The molecule has 2 rings (SSSR count). The van der Waals surface area contributed by atoms with E-state index in [1.165, 1.54) is 6.07 Å². The summed E-state index contributed by atoms with van der Waals surface area (Å²) in [6, 6.07) is 1.50. The number of nitrogens with one attached hydrogen (secondary N) is 1. The van der Waals surface area contributed by atoms with Crippen LogP contribution in [-0.2, 0) is 11.3 Å². The van der Waals surface area contributed by atoms with Crippen molar-refractivity contribution in [1.29, 1.82) is 0 Å². The summed E-state index contributed by atoms with van der Waals surface area (Å²) in [4.78, 5) is 10.8. The van der Waals surface area contributed by atoms with Gasteiger partial charge in [0.2, 0.25) is 5.76 Å². The summed E-state index contributed by atoms with van der Waals surface area (Å²) in [6.45, 7) is 4.99. The number of aliphatic hydroxyl groups is 1. The first-order chi connectivity index (χ1) is 8.92. The van der Waals surface area contributed by atoms with Crippen molar-refractivity contribution in [3.8, 4) is 0 Å². The molecule has 0 radical (unpaired) electrons. The highest BCUT2D eigenvalue weighted by Crippen LogP contribution is 2.25. The summed E-state index contributed by atoms with van der Waals surface area (Å²) in [5.74, 6) is -0.566. The first-order valence-corrected chi connectivity index (χ1v) is 6.30. The zero-order valence-corrected chi connectivity index (χ0v) is 11.1. The Hall–Kier alpha value is -1.37. The van der Waals surface area contributed by atoms with Gasteiger partial charge in [-0.15, -0.1) is 0 Å². The Labute approximate surface area is 111 Å². The zero-order chi connectivity index (χ0) is 14.0. The van der Waals surface area contributed by atoms with Gasteiger partial charge in [0.15, 0.2) is 0 Å². The van der Waals surface area contributed by atoms with Crippen LogP contribution in [0.1, 0.15) is 35.2 Å². The number of hydrogen-bond donors (Lipinski definition) is 3. The SMILES string of the molecule is Cc1oc(C(=O)O)cc1CNCC1(O)CCOC1C. The topological polar surface area (TPSA) is 91.9 Å². The molecule has 3 N–H and O–H groups in total. The molecule has 0 bridgehead atoms. The average molecular weight is 269 g/mol. The maximum absolute atomic E-state index is 10.8. The Kier molecular flexibility index (Phi) is 3.93. The third kappa shape index (κ3) is 2.97. The second-order valence-corrected chi connectivity index (χ2v) is 4.97. The third-order valence-electron chi connectivity index (χ3n) is 3.64. The van der Waals surface area contributed by atoms with Crippen molar-refractivity contribution >= 4 is 5.97 Å². The number of carboxylic acids is 1. The highest BCUT2D eigenvalue weighted by atomic mass is 16.5. The van der Waals surface area contributed by atoms with Gasteiger partial charge in [-0.05, 0) is 19.9 Å². The normalized spacial score (nSPS) is 26.8. The van der Waals surface area contributed by atoms with Crippen LogP contribution in [-0.4, -0.2) is 41.0 Å². The molecule has 0 aromatic carbocycles. The Balaban J connectivity index is 1.91. The number of carboxylic acid groups (broad SMARTS) is 1. The van der Waals surface area contributed by atoms with E-state index in [0.29, 0.717) is 31.9 Å². The lowest BCUT2D eigenvalue weighted by Crippen LogP contribution is -2.45. The second kappa shape index (κ2) is 5.32. The molecular formula is C13H19NO5. The van der Waals surface area contributed by atoms with E-state index in [1.807, 2.05) is 6.92 Å². The van der Waals surface area contributed by atoms with Gasteiger partial charge in [-0.25, -0.2) is 4.79 Å². The summed E-state index contributed by atoms with van der Waals surface area (Å²) in [6.07, 6.45) is 0.409. The largest absolute Gasteiger partial charge is 0.475 e. The van der Waals surface area contributed by atoms with Crippen LogP contribution in [0.25, 0.3) is 0 Å². The number of aromatic carboxylic acids is 1. The number of furan rings is 1. The van der Waals surface area contributed by atoms with Gasteiger partial charge in [0.25, 0.3) is 0 Å². The minimum absolute atomic E-state index is 0.0643. The quantitative estimate of drug-likeness (QED) is 0.736. The average Bonchev–Trinajstić information content (AvgIpc) is 2.85. The lowest BCUT2D eigenvalue weighted by atomic mass is 9.96. The number of rotatable bonds is 5. The summed E-state index contributed by atoms with van der Waals surface area (Å²) < 4.78 is 10.5. The van der Waals surface area contributed by atoms with Crippen LogP contribution >= 0.6 is 0 Å². The Morgan fingerprint density at radius 1 is 1.63 bits per heavy atom. The highest BCUT2D eigenvalue weighted by molar-refractivity contribution is 5.84. The lowest BCUT2D eigenvalue weighted by Gasteiger charge is -2.26. The summed E-state index contributed by atoms with van der Waals surface area (Å²) >= 11 is 0. The van der Waals surface area contributed by atoms with E-state index in [-0.39, 0.29) is 11.9 Å². The van der Waals surface area contributed by atoms with Crippen LogP contribution in [0.3, 0.4) is 0 Å². The van der Waals surface area contributed by atoms with Crippen molar-refractivity contribution in [2.75, 3.05) is 13.2 Å². The van der Waals surface area contributed by atoms with E-state index < -0.39 is 11.6 Å². The van der Waals surface area contributed by atoms with Crippen LogP contribution in [0.4, 0.5) is 0 Å². The molecule has 2 atom stereocenters. The molecular weight excluding hydrogens is 250 g/mol. The van der Waals surface area contributed by atoms with Crippen molar-refractivity contribution in [2.24, 2.45) is 0 Å². The molecule has 1 aromatic rings. The van der Waals surface area contributed by atoms with E-state index >= 15 is 0 Å². The van der Waals surface area contributed by atoms with Crippen molar-refractivity contribution in [3.63, 3.8) is 0 Å². The van der Waals surface area contributed by atoms with Gasteiger partial charge in [0.1, 0.15) is 11.4 Å². The molecule has 19 heavy (non-hydrogen) atoms. The predicted molar refractivity (Wildman–Crippen MR) is 67.1 cm³/mol. The minimum Gasteiger partial charge on any atom is -0.475 e. The molecule has 0 saturated carbocycles. The maximum Gasteiger partial charge on any atom is 0.371 e. The van der Waals surface area contributed by atoms with Gasteiger partial charge < -0.3 is 24.7 Å². The number of carbonyl (C=O) groups is 1. The molecule has 0 aliphatic carbocycles. The van der Waals surface area contributed by atoms with Gasteiger partial charge in [0.05, 0.1) is 6.10 Å². The smallest absolute Gasteiger partial charge is 0.371 e. The van der Waals surface area contributed by atoms with Crippen LogP contribution in [0, 0.1) is 6.92 Å². The molecule has 6 heteroatoms. The molecule has 2 heterocycles. The Morgan fingerprint density at radius 2 is 2.37 bits per heavy atom. The summed E-state index contributed by atoms with van der Waals surface area (Å²) in [7, 11) is 0. The van der Waals surface area contributed by atoms with Crippen LogP contribution in [0.2, 0.25) is 0 Å². The fraction of sp³-hybridized carbons (Fsp3) is 0.615. The second-order valence-electron chi connectivity index (χ2n) is 4.97. The molecule has 1 saturated heterocycles. The zero-order valence-electron chi connectivity index (χ0n) is 11.1. The summed E-state index contributed by atoms with van der Waals surface area (Å²) in [5.41, 5.74) is -0.0691. The standard InChI is InChI=1S/C13H19NO5/c1-8-10(5-11(19-8)12(15)16)6-14-7-13(17)3-4-18-9(13)2/h5,9,14,17H,3-4,6-7H2,1-2H3,(H,15,16). The molecule has 6 nitrogen and oxygen atoms in total. The van der Waals surface area contributed by atoms with E-state index in [9.17, 15) is 9.90 Å². The minimum atomic E-state index is -1.08. The monoisotopic (exact) mass is 269 g/mol. The molecule has 1 fully saturated rings. The fourth-order valence-electron chi connectivity index (χ4n) is 2.22. The van der Waals surface area contributed by atoms with Gasteiger partial charge in [-0.2, -0.15) is 0 Å². The van der Waals surface area contributed by atoms with E-state index in [0.717, 1.165) is 5.56 Å². The summed E-state index contributed by atoms with van der Waals surface area (Å²) in [5, 5.41) is 22.2. The molecule has 1 aliphatic heterocycles. The molecule has 0 amide bonds. The van der Waals surface area contributed by atoms with Crippen LogP contribution < -0.4 is 5.32 Å². The van der Waals surface area contributed by atoms with Gasteiger partial charge in [-0.1, -0.05) is 0 Å². The molecule has 106 valence electrons. The van der Waals surface area contributed by atoms with E-state index in [2.05, 4.69) is 5.32 Å². The Bertz CT molecular complexity index is 470. The molecule has 2 unspecified atom stereocenters. The van der Waals surface area contributed by atoms with E-state index in [4.69, 9.17) is 14.3 Å². The van der Waals surface area contributed by atoms with Crippen molar-refractivity contribution < 1.29 is 24.2 Å². The lowest BCUT2D eigenvalue weighted by molar-refractivity contribution is -0.0263. The molecule has 1 aromatic heterocycles. The van der Waals surface area contributed by atoms with Crippen LogP contribution in [0.15, 0.2) is 10.5 Å². The van der Waals surface area contributed by atoms with Crippen molar-refractivity contribution in [3.05, 3.63) is 23.2 Å². The maximum atomic E-state index is 10.8. The van der Waals surface area contributed by atoms with Gasteiger partial charge >= 0.3 is 5.97 Å². The van der Waals surface area contributed by atoms with E-state index in [1.54, 1.807) is 6.92 Å².